The first-order chi connectivity index (χ1) is 9.76. The van der Waals surface area contributed by atoms with E-state index >= 15 is 0 Å². The molecule has 0 atom stereocenters. The van der Waals surface area contributed by atoms with E-state index in [-0.39, 0.29) is 6.61 Å². The van der Waals surface area contributed by atoms with Crippen molar-refractivity contribution in [2.75, 3.05) is 12.4 Å². The normalized spacial score (nSPS) is 10.7. The van der Waals surface area contributed by atoms with Crippen LogP contribution in [0.1, 0.15) is 12.0 Å². The van der Waals surface area contributed by atoms with E-state index in [0.717, 1.165) is 28.7 Å². The zero-order chi connectivity index (χ0) is 14.4. The quantitative estimate of drug-likeness (QED) is 0.484. The topological polar surface area (TPSA) is 50.9 Å². The van der Waals surface area contributed by atoms with Crippen molar-refractivity contribution in [2.45, 2.75) is 25.0 Å². The standard InChI is InChI=1S/C15H19N3OS/c1-3-8-18-14(13-7-4-6-12(2)11-13)16-17-15(18)20-10-5-9-19/h3-4,6-7,11,19H,1,5,8-10H2,2H3. The van der Waals surface area contributed by atoms with Gasteiger partial charge in [0, 0.05) is 24.5 Å². The van der Waals surface area contributed by atoms with Gasteiger partial charge in [0.15, 0.2) is 11.0 Å². The zero-order valence-electron chi connectivity index (χ0n) is 11.6. The Morgan fingerprint density at radius 3 is 2.95 bits per heavy atom. The van der Waals surface area contributed by atoms with E-state index in [1.807, 2.05) is 18.2 Å². The van der Waals surface area contributed by atoms with Crippen molar-refractivity contribution in [3.63, 3.8) is 0 Å². The van der Waals surface area contributed by atoms with Gasteiger partial charge in [0.05, 0.1) is 0 Å². The van der Waals surface area contributed by atoms with Crippen LogP contribution < -0.4 is 0 Å². The van der Waals surface area contributed by atoms with Crippen molar-refractivity contribution >= 4 is 11.8 Å². The van der Waals surface area contributed by atoms with Gasteiger partial charge in [-0.15, -0.1) is 16.8 Å². The summed E-state index contributed by atoms with van der Waals surface area (Å²) in [5, 5.41) is 18.3. The number of nitrogens with zero attached hydrogens (tertiary/aromatic N) is 3. The Morgan fingerprint density at radius 1 is 1.40 bits per heavy atom. The first-order valence-electron chi connectivity index (χ1n) is 6.61. The number of hydrogen-bond donors (Lipinski definition) is 1. The molecule has 0 saturated heterocycles. The average molecular weight is 289 g/mol. The predicted molar refractivity (Wildman–Crippen MR) is 82.8 cm³/mol. The molecule has 0 aliphatic heterocycles. The smallest absolute Gasteiger partial charge is 0.191 e. The van der Waals surface area contributed by atoms with Gasteiger partial charge in [0.1, 0.15) is 0 Å². The van der Waals surface area contributed by atoms with Crippen LogP contribution in [0.4, 0.5) is 0 Å². The highest BCUT2D eigenvalue weighted by atomic mass is 32.2. The van der Waals surface area contributed by atoms with Crippen LogP contribution >= 0.6 is 11.8 Å². The van der Waals surface area contributed by atoms with Gasteiger partial charge >= 0.3 is 0 Å². The first-order valence-corrected chi connectivity index (χ1v) is 7.59. The first kappa shape index (κ1) is 14.8. The summed E-state index contributed by atoms with van der Waals surface area (Å²) in [6, 6.07) is 8.23. The van der Waals surface area contributed by atoms with E-state index in [1.54, 1.807) is 11.8 Å². The summed E-state index contributed by atoms with van der Waals surface area (Å²) in [6.07, 6.45) is 2.60. The Labute approximate surface area is 123 Å². The molecule has 4 nitrogen and oxygen atoms in total. The molecule has 0 aliphatic rings. The zero-order valence-corrected chi connectivity index (χ0v) is 12.4. The Hall–Kier alpha value is -1.59. The molecule has 0 spiro atoms. The third-order valence-corrected chi connectivity index (χ3v) is 3.89. The van der Waals surface area contributed by atoms with E-state index in [4.69, 9.17) is 5.11 Å². The second-order valence-corrected chi connectivity index (χ2v) is 5.56. The molecule has 0 radical (unpaired) electrons. The van der Waals surface area contributed by atoms with Crippen LogP contribution in [0.25, 0.3) is 11.4 Å². The summed E-state index contributed by atoms with van der Waals surface area (Å²) < 4.78 is 2.06. The number of rotatable bonds is 7. The van der Waals surface area contributed by atoms with Gasteiger partial charge in [-0.25, -0.2) is 0 Å². The minimum atomic E-state index is 0.202. The summed E-state index contributed by atoms with van der Waals surface area (Å²) in [5.41, 5.74) is 2.26. The molecular formula is C15H19N3OS. The number of hydrogen-bond acceptors (Lipinski definition) is 4. The maximum Gasteiger partial charge on any atom is 0.191 e. The molecule has 0 amide bonds. The predicted octanol–water partition coefficient (Wildman–Crippen LogP) is 2.91. The average Bonchev–Trinajstić information content (AvgIpc) is 2.83. The van der Waals surface area contributed by atoms with Crippen molar-refractivity contribution in [1.29, 1.82) is 0 Å². The number of thioether (sulfide) groups is 1. The van der Waals surface area contributed by atoms with Crippen LogP contribution in [0.3, 0.4) is 0 Å². The second kappa shape index (κ2) is 7.26. The lowest BCUT2D eigenvalue weighted by Gasteiger charge is -2.08. The molecule has 0 fully saturated rings. The third kappa shape index (κ3) is 3.49. The summed E-state index contributed by atoms with van der Waals surface area (Å²) in [4.78, 5) is 0. The maximum absolute atomic E-state index is 8.86. The van der Waals surface area contributed by atoms with Crippen molar-refractivity contribution in [3.8, 4) is 11.4 Å². The number of aliphatic hydroxyl groups is 1. The van der Waals surface area contributed by atoms with E-state index in [1.165, 1.54) is 5.56 Å². The van der Waals surface area contributed by atoms with Crippen molar-refractivity contribution in [3.05, 3.63) is 42.5 Å². The molecule has 106 valence electrons. The number of aliphatic hydroxyl groups excluding tert-OH is 1. The largest absolute Gasteiger partial charge is 0.396 e. The molecular weight excluding hydrogens is 270 g/mol. The lowest BCUT2D eigenvalue weighted by molar-refractivity contribution is 0.296. The van der Waals surface area contributed by atoms with E-state index < -0.39 is 0 Å². The van der Waals surface area contributed by atoms with Gasteiger partial charge < -0.3 is 5.11 Å². The molecule has 20 heavy (non-hydrogen) atoms. The number of benzene rings is 1. The van der Waals surface area contributed by atoms with Crippen molar-refractivity contribution in [1.82, 2.24) is 14.8 Å². The molecule has 2 rings (SSSR count). The van der Waals surface area contributed by atoms with Crippen LogP contribution in [0, 0.1) is 6.92 Å². The molecule has 0 saturated carbocycles. The summed E-state index contributed by atoms with van der Waals surface area (Å²) in [7, 11) is 0. The molecule has 1 heterocycles. The molecule has 1 aromatic heterocycles. The molecule has 1 aromatic carbocycles. The minimum Gasteiger partial charge on any atom is -0.396 e. The van der Waals surface area contributed by atoms with Crippen LogP contribution in [0.2, 0.25) is 0 Å². The highest BCUT2D eigenvalue weighted by molar-refractivity contribution is 7.99. The Balaban J connectivity index is 2.30. The molecule has 1 N–H and O–H groups in total. The van der Waals surface area contributed by atoms with Gasteiger partial charge in [-0.2, -0.15) is 0 Å². The van der Waals surface area contributed by atoms with E-state index in [2.05, 4.69) is 40.4 Å². The third-order valence-electron chi connectivity index (χ3n) is 2.84. The molecule has 0 bridgehead atoms. The summed E-state index contributed by atoms with van der Waals surface area (Å²) >= 11 is 1.61. The molecule has 0 aliphatic carbocycles. The Kier molecular flexibility index (Phi) is 5.38. The fraction of sp³-hybridized carbons (Fsp3) is 0.333. The summed E-state index contributed by atoms with van der Waals surface area (Å²) in [5.74, 6) is 1.69. The monoisotopic (exact) mass is 289 g/mol. The lowest BCUT2D eigenvalue weighted by Crippen LogP contribution is -2.01. The fourth-order valence-electron chi connectivity index (χ4n) is 1.91. The van der Waals surface area contributed by atoms with E-state index in [9.17, 15) is 0 Å². The van der Waals surface area contributed by atoms with Crippen molar-refractivity contribution in [2.24, 2.45) is 0 Å². The summed E-state index contributed by atoms with van der Waals surface area (Å²) in [6.45, 7) is 6.74. The van der Waals surface area contributed by atoms with Gasteiger partial charge in [0.2, 0.25) is 0 Å². The number of allylic oxidation sites excluding steroid dienone is 1. The van der Waals surface area contributed by atoms with Crippen molar-refractivity contribution < 1.29 is 5.11 Å². The van der Waals surface area contributed by atoms with Gasteiger partial charge in [-0.05, 0) is 19.4 Å². The number of aryl methyl sites for hydroxylation is 1. The highest BCUT2D eigenvalue weighted by Crippen LogP contribution is 2.24. The molecule has 0 unspecified atom stereocenters. The lowest BCUT2D eigenvalue weighted by atomic mass is 10.1. The van der Waals surface area contributed by atoms with Gasteiger partial charge in [0.25, 0.3) is 0 Å². The minimum absolute atomic E-state index is 0.202. The number of aromatic nitrogens is 3. The SMILES string of the molecule is C=CCn1c(SCCCO)nnc1-c1cccc(C)c1. The van der Waals surface area contributed by atoms with Crippen LogP contribution in [0.5, 0.6) is 0 Å². The Morgan fingerprint density at radius 2 is 2.25 bits per heavy atom. The molecule has 5 heteroatoms. The highest BCUT2D eigenvalue weighted by Gasteiger charge is 2.13. The molecule has 2 aromatic rings. The van der Waals surface area contributed by atoms with Gasteiger partial charge in [-0.1, -0.05) is 41.6 Å². The Bertz CT molecular complexity index is 580. The fourth-order valence-corrected chi connectivity index (χ4v) is 2.79. The van der Waals surface area contributed by atoms with Crippen LogP contribution in [-0.2, 0) is 6.54 Å². The maximum atomic E-state index is 8.86. The van der Waals surface area contributed by atoms with Gasteiger partial charge in [-0.3, -0.25) is 4.57 Å². The van der Waals surface area contributed by atoms with Crippen LogP contribution in [0.15, 0.2) is 42.1 Å². The van der Waals surface area contributed by atoms with E-state index in [0.29, 0.717) is 6.54 Å². The second-order valence-electron chi connectivity index (χ2n) is 4.50. The van der Waals surface area contributed by atoms with Crippen LogP contribution in [-0.4, -0.2) is 32.2 Å².